The van der Waals surface area contributed by atoms with Gasteiger partial charge >= 0.3 is 5.97 Å². The number of benzene rings is 1. The van der Waals surface area contributed by atoms with E-state index in [1.807, 2.05) is 19.9 Å². The maximum Gasteiger partial charge on any atom is 0.308 e. The number of rotatable bonds is 10. The van der Waals surface area contributed by atoms with Gasteiger partial charge in [0.2, 0.25) is 5.91 Å². The zero-order valence-electron chi connectivity index (χ0n) is 14.0. The smallest absolute Gasteiger partial charge is 0.308 e. The summed E-state index contributed by atoms with van der Waals surface area (Å²) in [5.41, 5.74) is 0. The Morgan fingerprint density at radius 3 is 2.33 bits per heavy atom. The Bertz CT molecular complexity index is 545. The van der Waals surface area contributed by atoms with Crippen LogP contribution in [0.5, 0.6) is 5.75 Å². The van der Waals surface area contributed by atoms with Crippen LogP contribution in [0, 0.1) is 11.8 Å². The minimum atomic E-state index is -0.940. The molecule has 7 nitrogen and oxygen atoms in total. The third kappa shape index (κ3) is 8.17. The lowest BCUT2D eigenvalue weighted by Crippen LogP contribution is -2.41. The number of para-hydroxylation sites is 1. The number of amides is 2. The molecule has 0 heterocycles. The number of carbonyl (C=O) groups excluding carboxylic acids is 2. The molecule has 0 aliphatic carbocycles. The van der Waals surface area contributed by atoms with Crippen molar-refractivity contribution in [2.45, 2.75) is 20.3 Å². The number of hydrogen-bond acceptors (Lipinski definition) is 4. The van der Waals surface area contributed by atoms with Crippen molar-refractivity contribution in [2.75, 3.05) is 19.7 Å². The minimum absolute atomic E-state index is 0.0444. The summed E-state index contributed by atoms with van der Waals surface area (Å²) in [4.78, 5) is 34.4. The molecule has 0 aliphatic rings. The molecule has 24 heavy (non-hydrogen) atoms. The van der Waals surface area contributed by atoms with Crippen LogP contribution < -0.4 is 15.4 Å². The van der Waals surface area contributed by atoms with Crippen LogP contribution in [0.25, 0.3) is 0 Å². The predicted molar refractivity (Wildman–Crippen MR) is 88.5 cm³/mol. The molecule has 0 aromatic heterocycles. The first kappa shape index (κ1) is 19.5. The van der Waals surface area contributed by atoms with Gasteiger partial charge in [0.15, 0.2) is 6.61 Å². The summed E-state index contributed by atoms with van der Waals surface area (Å²) in [7, 11) is 0. The van der Waals surface area contributed by atoms with E-state index in [0.717, 1.165) is 0 Å². The van der Waals surface area contributed by atoms with E-state index in [1.54, 1.807) is 24.3 Å². The van der Waals surface area contributed by atoms with Gasteiger partial charge in [-0.05, 0) is 24.5 Å². The topological polar surface area (TPSA) is 105 Å². The molecule has 0 aliphatic heterocycles. The maximum absolute atomic E-state index is 11.7. The van der Waals surface area contributed by atoms with Gasteiger partial charge in [-0.25, -0.2) is 0 Å². The van der Waals surface area contributed by atoms with Crippen molar-refractivity contribution in [1.82, 2.24) is 10.6 Å². The number of carbonyl (C=O) groups is 3. The van der Waals surface area contributed by atoms with Crippen LogP contribution in [0.1, 0.15) is 20.3 Å². The molecule has 0 saturated carbocycles. The molecule has 0 fully saturated rings. The van der Waals surface area contributed by atoms with Gasteiger partial charge in [-0.15, -0.1) is 0 Å². The molecule has 1 atom stereocenters. The molecule has 0 bridgehead atoms. The monoisotopic (exact) mass is 336 g/mol. The van der Waals surface area contributed by atoms with Crippen LogP contribution in [0.4, 0.5) is 0 Å². The fourth-order valence-corrected chi connectivity index (χ4v) is 2.04. The molecule has 2 amide bonds. The van der Waals surface area contributed by atoms with Crippen molar-refractivity contribution in [1.29, 1.82) is 0 Å². The van der Waals surface area contributed by atoms with Gasteiger partial charge in [-0.3, -0.25) is 14.4 Å². The predicted octanol–water partition coefficient (Wildman–Crippen LogP) is 1.04. The standard InChI is InChI=1S/C17H24N2O5/c1-12(2)8-13(17(22)23)9-18-15(20)10-19-16(21)11-24-14-6-4-3-5-7-14/h3-7,12-13H,8-11H2,1-2H3,(H,18,20)(H,19,21)(H,22,23). The highest BCUT2D eigenvalue weighted by molar-refractivity contribution is 5.85. The molecular formula is C17H24N2O5. The average molecular weight is 336 g/mol. The van der Waals surface area contributed by atoms with Crippen molar-refractivity contribution >= 4 is 17.8 Å². The molecule has 1 aromatic rings. The van der Waals surface area contributed by atoms with E-state index in [1.165, 1.54) is 0 Å². The van der Waals surface area contributed by atoms with E-state index in [2.05, 4.69) is 10.6 Å². The van der Waals surface area contributed by atoms with E-state index >= 15 is 0 Å². The largest absolute Gasteiger partial charge is 0.484 e. The molecule has 0 spiro atoms. The Kier molecular flexibility index (Phi) is 8.32. The van der Waals surface area contributed by atoms with Gasteiger partial charge in [0, 0.05) is 6.54 Å². The summed E-state index contributed by atoms with van der Waals surface area (Å²) >= 11 is 0. The van der Waals surface area contributed by atoms with Crippen molar-refractivity contribution in [3.63, 3.8) is 0 Å². The molecular weight excluding hydrogens is 312 g/mol. The van der Waals surface area contributed by atoms with Gasteiger partial charge in [0.05, 0.1) is 12.5 Å². The van der Waals surface area contributed by atoms with Crippen molar-refractivity contribution in [3.8, 4) is 5.75 Å². The van der Waals surface area contributed by atoms with Gasteiger partial charge in [0.1, 0.15) is 5.75 Å². The highest BCUT2D eigenvalue weighted by atomic mass is 16.5. The quantitative estimate of drug-likeness (QED) is 0.592. The van der Waals surface area contributed by atoms with Crippen molar-refractivity contribution < 1.29 is 24.2 Å². The first-order chi connectivity index (χ1) is 11.4. The Labute approximate surface area is 141 Å². The maximum atomic E-state index is 11.7. The summed E-state index contributed by atoms with van der Waals surface area (Å²) < 4.78 is 5.25. The Morgan fingerprint density at radius 1 is 1.08 bits per heavy atom. The molecule has 1 aromatic carbocycles. The van der Waals surface area contributed by atoms with Crippen LogP contribution in [0.15, 0.2) is 30.3 Å². The number of ether oxygens (including phenoxy) is 1. The van der Waals surface area contributed by atoms with Crippen LogP contribution in [0.3, 0.4) is 0 Å². The lowest BCUT2D eigenvalue weighted by molar-refractivity contribution is -0.142. The number of hydrogen-bond donors (Lipinski definition) is 3. The van der Waals surface area contributed by atoms with Gasteiger partial charge in [0.25, 0.3) is 5.91 Å². The Morgan fingerprint density at radius 2 is 1.75 bits per heavy atom. The van der Waals surface area contributed by atoms with Crippen LogP contribution in [0.2, 0.25) is 0 Å². The van der Waals surface area contributed by atoms with Crippen molar-refractivity contribution in [3.05, 3.63) is 30.3 Å². The first-order valence-corrected chi connectivity index (χ1v) is 7.82. The molecule has 1 unspecified atom stereocenters. The summed E-state index contributed by atoms with van der Waals surface area (Å²) in [6.07, 6.45) is 0.479. The van der Waals surface area contributed by atoms with E-state index < -0.39 is 23.7 Å². The van der Waals surface area contributed by atoms with E-state index in [4.69, 9.17) is 9.84 Å². The third-order valence-corrected chi connectivity index (χ3v) is 3.21. The van der Waals surface area contributed by atoms with Gasteiger partial charge < -0.3 is 20.5 Å². The van der Waals surface area contributed by atoms with Crippen LogP contribution in [-0.4, -0.2) is 42.6 Å². The van der Waals surface area contributed by atoms with Crippen LogP contribution in [-0.2, 0) is 14.4 Å². The first-order valence-electron chi connectivity index (χ1n) is 7.82. The number of carboxylic acid groups (broad SMARTS) is 1. The average Bonchev–Trinajstić information content (AvgIpc) is 2.55. The second-order valence-corrected chi connectivity index (χ2v) is 5.85. The third-order valence-electron chi connectivity index (χ3n) is 3.21. The number of nitrogens with one attached hydrogen (secondary N) is 2. The highest BCUT2D eigenvalue weighted by Gasteiger charge is 2.19. The van der Waals surface area contributed by atoms with E-state index in [0.29, 0.717) is 12.2 Å². The summed E-state index contributed by atoms with van der Waals surface area (Å²) in [5, 5.41) is 14.0. The van der Waals surface area contributed by atoms with E-state index in [-0.39, 0.29) is 25.6 Å². The van der Waals surface area contributed by atoms with Crippen molar-refractivity contribution in [2.24, 2.45) is 11.8 Å². The number of aliphatic carboxylic acids is 1. The fourth-order valence-electron chi connectivity index (χ4n) is 2.04. The van der Waals surface area contributed by atoms with Gasteiger partial charge in [-0.2, -0.15) is 0 Å². The zero-order chi connectivity index (χ0) is 17.9. The summed E-state index contributed by atoms with van der Waals surface area (Å²) in [6, 6.07) is 8.86. The molecule has 7 heteroatoms. The second-order valence-electron chi connectivity index (χ2n) is 5.85. The van der Waals surface area contributed by atoms with Gasteiger partial charge in [-0.1, -0.05) is 32.0 Å². The molecule has 1 rings (SSSR count). The normalized spacial score (nSPS) is 11.6. The zero-order valence-corrected chi connectivity index (χ0v) is 14.0. The fraction of sp³-hybridized carbons (Fsp3) is 0.471. The SMILES string of the molecule is CC(C)CC(CNC(=O)CNC(=O)COc1ccccc1)C(=O)O. The lowest BCUT2D eigenvalue weighted by Gasteiger charge is -2.15. The van der Waals surface area contributed by atoms with Crippen LogP contribution >= 0.6 is 0 Å². The summed E-state index contributed by atoms with van der Waals surface area (Å²) in [5.74, 6) is -1.65. The summed E-state index contributed by atoms with van der Waals surface area (Å²) in [6.45, 7) is 3.48. The molecule has 3 N–H and O–H groups in total. The molecule has 0 saturated heterocycles. The highest BCUT2D eigenvalue weighted by Crippen LogP contribution is 2.11. The Hall–Kier alpha value is -2.57. The molecule has 132 valence electrons. The van der Waals surface area contributed by atoms with E-state index in [9.17, 15) is 14.4 Å². The second kappa shape index (κ2) is 10.3. The lowest BCUT2D eigenvalue weighted by atomic mass is 9.97. The minimum Gasteiger partial charge on any atom is -0.484 e. The molecule has 0 radical (unpaired) electrons. The Balaban J connectivity index is 2.24. The number of carboxylic acids is 1.